The number of nitrogens with one attached hydrogen (secondary N) is 1. The molecule has 1 heterocycles. The van der Waals surface area contributed by atoms with Crippen molar-refractivity contribution >= 4 is 33.4 Å². The molecule has 0 unspecified atom stereocenters. The van der Waals surface area contributed by atoms with E-state index in [-0.39, 0.29) is 11.8 Å². The molecule has 1 N–H and O–H groups in total. The first-order chi connectivity index (χ1) is 9.91. The third-order valence-electron chi connectivity index (χ3n) is 4.14. The fourth-order valence-corrected chi connectivity index (χ4v) is 3.40. The first kappa shape index (κ1) is 16.0. The Hall–Kier alpha value is -1.36. The van der Waals surface area contributed by atoms with Crippen LogP contribution in [0.15, 0.2) is 22.7 Å². The maximum absolute atomic E-state index is 13.0. The van der Waals surface area contributed by atoms with Crippen LogP contribution in [0.25, 0.3) is 0 Å². The molecule has 1 saturated heterocycles. The monoisotopic (exact) mass is 352 g/mol. The first-order valence-electron chi connectivity index (χ1n) is 7.32. The molecular weight excluding hydrogens is 332 g/mol. The molecule has 2 rings (SSSR count). The smallest absolute Gasteiger partial charge is 0.252 e. The minimum absolute atomic E-state index is 0.0177. The molecule has 4 nitrogen and oxygen atoms in total. The Kier molecular flexibility index (Phi) is 4.71. The molecule has 1 aliphatic rings. The Labute approximate surface area is 134 Å². The van der Waals surface area contributed by atoms with Crippen molar-refractivity contribution in [2.24, 2.45) is 0 Å². The van der Waals surface area contributed by atoms with Gasteiger partial charge in [-0.1, -0.05) is 29.8 Å². The van der Waals surface area contributed by atoms with Crippen LogP contribution < -0.4 is 10.2 Å². The van der Waals surface area contributed by atoms with E-state index in [0.717, 1.165) is 15.7 Å². The number of aryl methyl sites for hydroxylation is 1. The molecule has 1 aromatic carbocycles. The van der Waals surface area contributed by atoms with Crippen LogP contribution in [0.5, 0.6) is 0 Å². The molecule has 0 spiro atoms. The van der Waals surface area contributed by atoms with Crippen molar-refractivity contribution in [2.75, 3.05) is 11.4 Å². The van der Waals surface area contributed by atoms with Gasteiger partial charge in [-0.25, -0.2) is 0 Å². The molecule has 0 radical (unpaired) electrons. The summed E-state index contributed by atoms with van der Waals surface area (Å²) in [6.45, 7) is 6.30. The van der Waals surface area contributed by atoms with E-state index in [4.69, 9.17) is 0 Å². The highest BCUT2D eigenvalue weighted by Gasteiger charge is 2.42. The van der Waals surface area contributed by atoms with E-state index in [9.17, 15) is 9.59 Å². The van der Waals surface area contributed by atoms with E-state index in [2.05, 4.69) is 21.2 Å². The van der Waals surface area contributed by atoms with E-state index < -0.39 is 5.54 Å². The van der Waals surface area contributed by atoms with Crippen LogP contribution in [0.2, 0.25) is 0 Å². The third kappa shape index (κ3) is 3.12. The SMILES string of the molecule is CCC1(CC)NC(=O)CCN(c2cc(C)cc(Br)c2)C1=O. The quantitative estimate of drug-likeness (QED) is 0.908. The molecule has 5 heteroatoms. The van der Waals surface area contributed by atoms with Crippen molar-refractivity contribution in [3.63, 3.8) is 0 Å². The second-order valence-electron chi connectivity index (χ2n) is 5.53. The van der Waals surface area contributed by atoms with Crippen LogP contribution in [0, 0.1) is 6.92 Å². The highest BCUT2D eigenvalue weighted by Crippen LogP contribution is 2.29. The maximum atomic E-state index is 13.0. The van der Waals surface area contributed by atoms with E-state index >= 15 is 0 Å². The summed E-state index contributed by atoms with van der Waals surface area (Å²) in [7, 11) is 0. The van der Waals surface area contributed by atoms with Crippen LogP contribution in [0.1, 0.15) is 38.7 Å². The molecule has 1 fully saturated rings. The molecule has 1 aliphatic heterocycles. The number of carbonyl (C=O) groups excluding carboxylic acids is 2. The summed E-state index contributed by atoms with van der Waals surface area (Å²) < 4.78 is 0.937. The summed E-state index contributed by atoms with van der Waals surface area (Å²) in [6, 6.07) is 5.91. The van der Waals surface area contributed by atoms with Crippen LogP contribution >= 0.6 is 15.9 Å². The van der Waals surface area contributed by atoms with Gasteiger partial charge in [-0.2, -0.15) is 0 Å². The van der Waals surface area contributed by atoms with Gasteiger partial charge in [-0.05, 0) is 43.5 Å². The van der Waals surface area contributed by atoms with Gasteiger partial charge >= 0.3 is 0 Å². The van der Waals surface area contributed by atoms with Crippen molar-refractivity contribution in [1.29, 1.82) is 0 Å². The summed E-state index contributed by atoms with van der Waals surface area (Å²) in [5.74, 6) is -0.0721. The predicted octanol–water partition coefficient (Wildman–Crippen LogP) is 3.17. The van der Waals surface area contributed by atoms with Gasteiger partial charge in [0.1, 0.15) is 5.54 Å². The lowest BCUT2D eigenvalue weighted by molar-refractivity contribution is -0.130. The molecule has 114 valence electrons. The fourth-order valence-electron chi connectivity index (χ4n) is 2.80. The van der Waals surface area contributed by atoms with Gasteiger partial charge in [0.2, 0.25) is 5.91 Å². The number of halogens is 1. The second-order valence-corrected chi connectivity index (χ2v) is 6.45. The second kappa shape index (κ2) is 6.18. The molecular formula is C16H21BrN2O2. The number of hydrogen-bond acceptors (Lipinski definition) is 2. The van der Waals surface area contributed by atoms with Crippen LogP contribution in [-0.4, -0.2) is 23.9 Å². The highest BCUT2D eigenvalue weighted by molar-refractivity contribution is 9.10. The summed E-state index contributed by atoms with van der Waals surface area (Å²) in [6.07, 6.45) is 1.52. The summed E-state index contributed by atoms with van der Waals surface area (Å²) >= 11 is 3.47. The lowest BCUT2D eigenvalue weighted by Crippen LogP contribution is -2.56. The number of rotatable bonds is 3. The predicted molar refractivity (Wildman–Crippen MR) is 87.3 cm³/mol. The van der Waals surface area contributed by atoms with Crippen molar-refractivity contribution in [2.45, 2.75) is 45.6 Å². The van der Waals surface area contributed by atoms with Gasteiger partial charge in [-0.15, -0.1) is 0 Å². The van der Waals surface area contributed by atoms with Gasteiger partial charge in [0.25, 0.3) is 5.91 Å². The standard InChI is InChI=1S/C16H21BrN2O2/c1-4-16(5-2)15(21)19(7-6-14(20)18-16)13-9-11(3)8-12(17)10-13/h8-10H,4-7H2,1-3H3,(H,18,20). The topological polar surface area (TPSA) is 49.4 Å². The van der Waals surface area contributed by atoms with E-state index in [0.29, 0.717) is 25.8 Å². The average Bonchev–Trinajstić information content (AvgIpc) is 2.55. The molecule has 2 amide bonds. The van der Waals surface area contributed by atoms with Crippen molar-refractivity contribution in [3.8, 4) is 0 Å². The van der Waals surface area contributed by atoms with Gasteiger partial charge in [-0.3, -0.25) is 9.59 Å². The largest absolute Gasteiger partial charge is 0.342 e. The first-order valence-corrected chi connectivity index (χ1v) is 8.11. The molecule has 0 bridgehead atoms. The highest BCUT2D eigenvalue weighted by atomic mass is 79.9. The molecule has 0 atom stereocenters. The number of amides is 2. The Morgan fingerprint density at radius 1 is 1.24 bits per heavy atom. The number of hydrogen-bond donors (Lipinski definition) is 1. The fraction of sp³-hybridized carbons (Fsp3) is 0.500. The van der Waals surface area contributed by atoms with Crippen LogP contribution in [0.3, 0.4) is 0 Å². The summed E-state index contributed by atoms with van der Waals surface area (Å²) in [5.41, 5.74) is 1.13. The zero-order chi connectivity index (χ0) is 15.6. The zero-order valence-corrected chi connectivity index (χ0v) is 14.3. The summed E-state index contributed by atoms with van der Waals surface area (Å²) in [5, 5.41) is 2.93. The summed E-state index contributed by atoms with van der Waals surface area (Å²) in [4.78, 5) is 26.7. The van der Waals surface area contributed by atoms with Crippen LogP contribution in [0.4, 0.5) is 5.69 Å². The molecule has 0 aliphatic carbocycles. The van der Waals surface area contributed by atoms with Crippen molar-refractivity contribution in [3.05, 3.63) is 28.2 Å². The number of nitrogens with zero attached hydrogens (tertiary/aromatic N) is 1. The van der Waals surface area contributed by atoms with Crippen molar-refractivity contribution < 1.29 is 9.59 Å². The lowest BCUT2D eigenvalue weighted by Gasteiger charge is -2.33. The normalized spacial score (nSPS) is 18.4. The number of carbonyl (C=O) groups is 2. The minimum atomic E-state index is -0.788. The molecule has 0 aromatic heterocycles. The van der Waals surface area contributed by atoms with E-state index in [1.54, 1.807) is 4.90 Å². The van der Waals surface area contributed by atoms with Crippen molar-refractivity contribution in [1.82, 2.24) is 5.32 Å². The molecule has 21 heavy (non-hydrogen) atoms. The lowest BCUT2D eigenvalue weighted by atomic mass is 9.91. The number of anilines is 1. The third-order valence-corrected chi connectivity index (χ3v) is 4.60. The van der Waals surface area contributed by atoms with E-state index in [1.807, 2.05) is 39.0 Å². The maximum Gasteiger partial charge on any atom is 0.252 e. The van der Waals surface area contributed by atoms with Gasteiger partial charge in [0, 0.05) is 23.1 Å². The van der Waals surface area contributed by atoms with Gasteiger partial charge < -0.3 is 10.2 Å². The Morgan fingerprint density at radius 3 is 2.48 bits per heavy atom. The van der Waals surface area contributed by atoms with E-state index in [1.165, 1.54) is 0 Å². The molecule has 1 aromatic rings. The number of benzene rings is 1. The average molecular weight is 353 g/mol. The zero-order valence-electron chi connectivity index (χ0n) is 12.7. The Bertz CT molecular complexity index is 547. The van der Waals surface area contributed by atoms with Crippen LogP contribution in [-0.2, 0) is 9.59 Å². The molecule has 0 saturated carbocycles. The minimum Gasteiger partial charge on any atom is -0.342 e. The van der Waals surface area contributed by atoms with Gasteiger partial charge in [0.05, 0.1) is 0 Å². The Balaban J connectivity index is 2.46. The Morgan fingerprint density at radius 2 is 1.90 bits per heavy atom. The van der Waals surface area contributed by atoms with Gasteiger partial charge in [0.15, 0.2) is 0 Å².